The van der Waals surface area contributed by atoms with E-state index in [-0.39, 0.29) is 22.8 Å². The van der Waals surface area contributed by atoms with Crippen molar-refractivity contribution in [2.45, 2.75) is 0 Å². The van der Waals surface area contributed by atoms with Crippen LogP contribution in [0.5, 0.6) is 5.75 Å². The fraction of sp³-hybridized carbons (Fsp3) is 0. The van der Waals surface area contributed by atoms with Gasteiger partial charge in [0.2, 0.25) is 0 Å². The summed E-state index contributed by atoms with van der Waals surface area (Å²) in [5, 5.41) is 9.18. The number of aromatic hydroxyl groups is 1. The number of phenols is 1. The number of rotatable bonds is 2. The summed E-state index contributed by atoms with van der Waals surface area (Å²) >= 11 is 0. The van der Waals surface area contributed by atoms with Crippen molar-refractivity contribution in [1.82, 2.24) is 0 Å². The summed E-state index contributed by atoms with van der Waals surface area (Å²) in [6, 6.07) is 6.52. The predicted molar refractivity (Wildman–Crippen MR) is 51.2 cm³/mol. The molecule has 0 aliphatic rings. The van der Waals surface area contributed by atoms with Gasteiger partial charge in [0.15, 0.2) is 12.0 Å². The molecule has 0 bridgehead atoms. The Morgan fingerprint density at radius 3 is 2.73 bits per heavy atom. The molecule has 0 saturated carbocycles. The molecule has 0 fully saturated rings. The van der Waals surface area contributed by atoms with Gasteiger partial charge in [0.1, 0.15) is 17.3 Å². The highest BCUT2D eigenvalue weighted by Gasteiger charge is 2.10. The smallest absolute Gasteiger partial charge is 0.185 e. The third-order valence-corrected chi connectivity index (χ3v) is 1.96. The molecule has 0 saturated heterocycles. The maximum Gasteiger partial charge on any atom is 0.185 e. The molecule has 0 aliphatic heterocycles. The second kappa shape index (κ2) is 3.57. The van der Waals surface area contributed by atoms with Crippen molar-refractivity contribution in [2.75, 3.05) is 0 Å². The first-order valence-corrected chi connectivity index (χ1v) is 4.24. The van der Waals surface area contributed by atoms with E-state index in [2.05, 4.69) is 0 Å². The van der Waals surface area contributed by atoms with E-state index in [1.807, 2.05) is 0 Å². The van der Waals surface area contributed by atoms with Crippen LogP contribution >= 0.6 is 0 Å². The highest BCUT2D eigenvalue weighted by molar-refractivity contribution is 5.73. The molecular weight excluding hydrogens is 199 g/mol. The molecule has 0 radical (unpaired) electrons. The van der Waals surface area contributed by atoms with E-state index in [0.29, 0.717) is 6.29 Å². The van der Waals surface area contributed by atoms with E-state index in [9.17, 15) is 14.3 Å². The lowest BCUT2D eigenvalue weighted by Gasteiger charge is -1.99. The van der Waals surface area contributed by atoms with Crippen molar-refractivity contribution in [3.63, 3.8) is 0 Å². The number of halogens is 1. The van der Waals surface area contributed by atoms with Crippen LogP contribution < -0.4 is 0 Å². The van der Waals surface area contributed by atoms with Gasteiger partial charge in [-0.3, -0.25) is 4.79 Å². The molecule has 1 heterocycles. The second-order valence-corrected chi connectivity index (χ2v) is 2.98. The lowest BCUT2D eigenvalue weighted by atomic mass is 10.1. The number of benzene rings is 1. The molecule has 0 spiro atoms. The van der Waals surface area contributed by atoms with Crippen molar-refractivity contribution in [1.29, 1.82) is 0 Å². The van der Waals surface area contributed by atoms with E-state index in [0.717, 1.165) is 6.07 Å². The fourth-order valence-electron chi connectivity index (χ4n) is 1.26. The molecule has 76 valence electrons. The van der Waals surface area contributed by atoms with Gasteiger partial charge >= 0.3 is 0 Å². The molecule has 1 N–H and O–H groups in total. The molecule has 15 heavy (non-hydrogen) atoms. The minimum absolute atomic E-state index is 0.0598. The second-order valence-electron chi connectivity index (χ2n) is 2.98. The number of carbonyl (C=O) groups is 1. The number of phenolic OH excluding ortho intramolecular Hbond substituents is 1. The lowest BCUT2D eigenvalue weighted by Crippen LogP contribution is -1.81. The van der Waals surface area contributed by atoms with Gasteiger partial charge in [0, 0.05) is 0 Å². The molecule has 2 rings (SSSR count). The first-order valence-electron chi connectivity index (χ1n) is 4.24. The van der Waals surface area contributed by atoms with Gasteiger partial charge in [-0.2, -0.15) is 0 Å². The number of hydrogen-bond acceptors (Lipinski definition) is 3. The summed E-state index contributed by atoms with van der Waals surface area (Å²) in [7, 11) is 0. The Labute approximate surface area is 84.8 Å². The summed E-state index contributed by atoms with van der Waals surface area (Å²) in [6.07, 6.45) is 0.532. The minimum atomic E-state index is -0.514. The van der Waals surface area contributed by atoms with Crippen LogP contribution in [-0.4, -0.2) is 11.4 Å². The molecule has 1 aromatic heterocycles. The van der Waals surface area contributed by atoms with Gasteiger partial charge in [-0.15, -0.1) is 0 Å². The van der Waals surface area contributed by atoms with Gasteiger partial charge in [0.05, 0.1) is 5.56 Å². The zero-order chi connectivity index (χ0) is 10.8. The van der Waals surface area contributed by atoms with Crippen LogP contribution in [0.4, 0.5) is 4.39 Å². The van der Waals surface area contributed by atoms with Crippen molar-refractivity contribution in [3.05, 3.63) is 41.9 Å². The van der Waals surface area contributed by atoms with E-state index in [1.165, 1.54) is 24.3 Å². The predicted octanol–water partition coefficient (Wildman–Crippen LogP) is 2.60. The summed E-state index contributed by atoms with van der Waals surface area (Å²) in [6.45, 7) is 0. The third kappa shape index (κ3) is 1.74. The van der Waals surface area contributed by atoms with Gasteiger partial charge in [-0.1, -0.05) is 0 Å². The Balaban J connectivity index is 2.52. The number of furan rings is 1. The first kappa shape index (κ1) is 9.45. The Bertz CT molecular complexity index is 502. The van der Waals surface area contributed by atoms with Crippen molar-refractivity contribution in [3.8, 4) is 17.1 Å². The monoisotopic (exact) mass is 206 g/mol. The Morgan fingerprint density at radius 2 is 2.07 bits per heavy atom. The van der Waals surface area contributed by atoms with Crippen LogP contribution in [-0.2, 0) is 0 Å². The van der Waals surface area contributed by atoms with Crippen LogP contribution in [0.2, 0.25) is 0 Å². The summed E-state index contributed by atoms with van der Waals surface area (Å²) < 4.78 is 18.3. The number of hydrogen-bond donors (Lipinski definition) is 1. The SMILES string of the molecule is O=Cc1ccc(-c2cc(O)ccc2F)o1. The van der Waals surface area contributed by atoms with E-state index >= 15 is 0 Å². The van der Waals surface area contributed by atoms with Crippen LogP contribution in [0.1, 0.15) is 10.6 Å². The topological polar surface area (TPSA) is 50.4 Å². The molecule has 0 amide bonds. The molecule has 2 aromatic rings. The van der Waals surface area contributed by atoms with Gasteiger partial charge in [-0.25, -0.2) is 4.39 Å². The third-order valence-electron chi connectivity index (χ3n) is 1.96. The Kier molecular flexibility index (Phi) is 2.25. The van der Waals surface area contributed by atoms with E-state index in [4.69, 9.17) is 4.42 Å². The van der Waals surface area contributed by atoms with Gasteiger partial charge in [0.25, 0.3) is 0 Å². The summed E-state index contributed by atoms with van der Waals surface area (Å²) in [5.41, 5.74) is 0.128. The number of aldehydes is 1. The molecule has 1 aromatic carbocycles. The van der Waals surface area contributed by atoms with E-state index < -0.39 is 5.82 Å². The first-order chi connectivity index (χ1) is 7.20. The van der Waals surface area contributed by atoms with Crippen LogP contribution in [0.25, 0.3) is 11.3 Å². The van der Waals surface area contributed by atoms with Crippen molar-refractivity contribution in [2.24, 2.45) is 0 Å². The molecule has 4 heteroatoms. The van der Waals surface area contributed by atoms with Gasteiger partial charge in [-0.05, 0) is 30.3 Å². The average Bonchev–Trinajstić information content (AvgIpc) is 2.70. The molecule has 0 unspecified atom stereocenters. The largest absolute Gasteiger partial charge is 0.508 e. The molecule has 0 aliphatic carbocycles. The molecule has 3 nitrogen and oxygen atoms in total. The highest BCUT2D eigenvalue weighted by Crippen LogP contribution is 2.27. The fourth-order valence-corrected chi connectivity index (χ4v) is 1.26. The minimum Gasteiger partial charge on any atom is -0.508 e. The van der Waals surface area contributed by atoms with Gasteiger partial charge < -0.3 is 9.52 Å². The van der Waals surface area contributed by atoms with Crippen LogP contribution in [0.3, 0.4) is 0 Å². The van der Waals surface area contributed by atoms with E-state index in [1.54, 1.807) is 0 Å². The maximum atomic E-state index is 13.3. The Hall–Kier alpha value is -2.10. The molecule has 0 atom stereocenters. The van der Waals surface area contributed by atoms with Crippen LogP contribution in [0.15, 0.2) is 34.7 Å². The lowest BCUT2D eigenvalue weighted by molar-refractivity contribution is 0.110. The number of carbonyl (C=O) groups excluding carboxylic acids is 1. The Morgan fingerprint density at radius 1 is 1.27 bits per heavy atom. The zero-order valence-corrected chi connectivity index (χ0v) is 7.61. The summed E-state index contributed by atoms with van der Waals surface area (Å²) in [5.74, 6) is -0.242. The summed E-state index contributed by atoms with van der Waals surface area (Å²) in [4.78, 5) is 10.4. The zero-order valence-electron chi connectivity index (χ0n) is 7.61. The van der Waals surface area contributed by atoms with Crippen molar-refractivity contribution < 1.29 is 18.7 Å². The standard InChI is InChI=1S/C11H7FO3/c12-10-3-1-7(14)5-9(10)11-4-2-8(6-13)15-11/h1-6,14H. The maximum absolute atomic E-state index is 13.3. The molecular formula is C11H7FO3. The van der Waals surface area contributed by atoms with Crippen LogP contribution in [0, 0.1) is 5.82 Å². The average molecular weight is 206 g/mol. The highest BCUT2D eigenvalue weighted by atomic mass is 19.1. The van der Waals surface area contributed by atoms with Crippen molar-refractivity contribution >= 4 is 6.29 Å². The normalized spacial score (nSPS) is 10.2. The quantitative estimate of drug-likeness (QED) is 0.768.